The number of pyridine rings is 1. The molecule has 3 rings (SSSR count). The Labute approximate surface area is 133 Å². The Balaban J connectivity index is 1.86. The minimum atomic E-state index is 0.675. The van der Waals surface area contributed by atoms with E-state index in [4.69, 9.17) is 11.6 Å². The summed E-state index contributed by atoms with van der Waals surface area (Å²) in [5, 5.41) is 5.91. The maximum absolute atomic E-state index is 5.96. The van der Waals surface area contributed by atoms with Gasteiger partial charge in [0.25, 0.3) is 0 Å². The van der Waals surface area contributed by atoms with Gasteiger partial charge < -0.3 is 0 Å². The van der Waals surface area contributed by atoms with Crippen LogP contribution in [0.4, 0.5) is 5.69 Å². The first-order valence-corrected chi connectivity index (χ1v) is 7.80. The predicted octanol–water partition coefficient (Wildman–Crippen LogP) is 5.16. The molecule has 6 heteroatoms. The zero-order valence-electron chi connectivity index (χ0n) is 10.2. The second-order valence-corrected chi connectivity index (χ2v) is 6.96. The Morgan fingerprint density at radius 2 is 2.15 bits per heavy atom. The van der Waals surface area contributed by atoms with E-state index < -0.39 is 0 Å². The van der Waals surface area contributed by atoms with Gasteiger partial charge in [-0.1, -0.05) is 11.6 Å². The Morgan fingerprint density at radius 3 is 2.95 bits per heavy atom. The summed E-state index contributed by atoms with van der Waals surface area (Å²) in [6.45, 7) is 0. The van der Waals surface area contributed by atoms with Crippen molar-refractivity contribution in [2.24, 2.45) is 5.10 Å². The lowest BCUT2D eigenvalue weighted by molar-refractivity contribution is 1.34. The topological polar surface area (TPSA) is 37.3 Å². The van der Waals surface area contributed by atoms with Crippen LogP contribution in [-0.2, 0) is 0 Å². The summed E-state index contributed by atoms with van der Waals surface area (Å²) in [4.78, 5) is 5.37. The van der Waals surface area contributed by atoms with Crippen LogP contribution in [0.25, 0.3) is 10.9 Å². The lowest BCUT2D eigenvalue weighted by atomic mass is 10.2. The molecule has 0 unspecified atom stereocenters. The average molecular weight is 367 g/mol. The van der Waals surface area contributed by atoms with Crippen molar-refractivity contribution in [2.75, 3.05) is 5.43 Å². The average Bonchev–Trinajstić information content (AvgIpc) is 2.84. The van der Waals surface area contributed by atoms with Crippen molar-refractivity contribution in [1.29, 1.82) is 0 Å². The van der Waals surface area contributed by atoms with Crippen LogP contribution in [0.2, 0.25) is 5.02 Å². The van der Waals surface area contributed by atoms with Crippen LogP contribution in [-0.4, -0.2) is 11.2 Å². The third-order valence-corrected chi connectivity index (χ3v) is 4.47. The molecule has 1 aromatic carbocycles. The van der Waals surface area contributed by atoms with Crippen molar-refractivity contribution < 1.29 is 0 Å². The normalized spacial score (nSPS) is 11.3. The Kier molecular flexibility index (Phi) is 4.00. The number of hydrogen-bond donors (Lipinski definition) is 1. The summed E-state index contributed by atoms with van der Waals surface area (Å²) in [7, 11) is 0. The van der Waals surface area contributed by atoms with Gasteiger partial charge in [-0.3, -0.25) is 10.4 Å². The number of hydrazone groups is 1. The van der Waals surface area contributed by atoms with Gasteiger partial charge in [0, 0.05) is 21.5 Å². The van der Waals surface area contributed by atoms with Crippen LogP contribution in [0, 0.1) is 0 Å². The van der Waals surface area contributed by atoms with Crippen LogP contribution in [0.5, 0.6) is 0 Å². The van der Waals surface area contributed by atoms with Gasteiger partial charge in [-0.05, 0) is 52.3 Å². The third-order valence-electron chi connectivity index (χ3n) is 2.68. The monoisotopic (exact) mass is 365 g/mol. The highest BCUT2D eigenvalue weighted by Gasteiger charge is 2.01. The molecule has 0 fully saturated rings. The molecule has 0 aliphatic carbocycles. The zero-order valence-corrected chi connectivity index (χ0v) is 13.3. The molecule has 0 aliphatic heterocycles. The highest BCUT2D eigenvalue weighted by Crippen LogP contribution is 2.24. The number of nitrogens with one attached hydrogen (secondary N) is 1. The highest BCUT2D eigenvalue weighted by molar-refractivity contribution is 9.11. The second-order valence-electron chi connectivity index (χ2n) is 4.03. The third kappa shape index (κ3) is 3.00. The van der Waals surface area contributed by atoms with E-state index >= 15 is 0 Å². The highest BCUT2D eigenvalue weighted by atomic mass is 79.9. The fraction of sp³-hybridized carbons (Fsp3) is 0. The van der Waals surface area contributed by atoms with E-state index in [-0.39, 0.29) is 0 Å². The largest absolute Gasteiger partial charge is 0.278 e. The molecule has 0 amide bonds. The molecule has 0 saturated carbocycles. The van der Waals surface area contributed by atoms with Crippen molar-refractivity contribution in [3.63, 3.8) is 0 Å². The number of benzene rings is 1. The first-order chi connectivity index (χ1) is 9.72. The molecule has 20 heavy (non-hydrogen) atoms. The number of thiophene rings is 1. The number of nitrogens with zero attached hydrogens (tertiary/aromatic N) is 2. The number of halogens is 2. The Bertz CT molecular complexity index is 785. The second kappa shape index (κ2) is 5.91. The smallest absolute Gasteiger partial charge is 0.0738 e. The van der Waals surface area contributed by atoms with Crippen molar-refractivity contribution in [3.05, 3.63) is 56.3 Å². The van der Waals surface area contributed by atoms with Gasteiger partial charge in [-0.25, -0.2) is 0 Å². The summed E-state index contributed by atoms with van der Waals surface area (Å²) >= 11 is 11.0. The Morgan fingerprint density at radius 1 is 1.25 bits per heavy atom. The van der Waals surface area contributed by atoms with Gasteiger partial charge >= 0.3 is 0 Å². The van der Waals surface area contributed by atoms with Crippen LogP contribution in [0.15, 0.2) is 51.5 Å². The van der Waals surface area contributed by atoms with Gasteiger partial charge in [0.1, 0.15) is 0 Å². The molecule has 3 aromatic rings. The van der Waals surface area contributed by atoms with E-state index in [0.29, 0.717) is 5.02 Å². The maximum atomic E-state index is 5.96. The Hall–Kier alpha value is -1.43. The van der Waals surface area contributed by atoms with Gasteiger partial charge in [-0.2, -0.15) is 5.10 Å². The standard InChI is InChI=1S/C14H9BrClN3S/c15-14-4-2-10(20-14)8-18-19-12-5-6-17-13-7-9(16)1-3-11(12)13/h1-8H,(H,17,19). The maximum Gasteiger partial charge on any atom is 0.0738 e. The van der Waals surface area contributed by atoms with E-state index in [1.54, 1.807) is 23.7 Å². The fourth-order valence-corrected chi connectivity index (χ4v) is 3.24. The van der Waals surface area contributed by atoms with E-state index in [9.17, 15) is 0 Å². The number of aromatic nitrogens is 1. The van der Waals surface area contributed by atoms with Gasteiger partial charge in [0.2, 0.25) is 0 Å². The lowest BCUT2D eigenvalue weighted by Crippen LogP contribution is -1.91. The van der Waals surface area contributed by atoms with Gasteiger partial charge in [-0.15, -0.1) is 11.3 Å². The lowest BCUT2D eigenvalue weighted by Gasteiger charge is -2.04. The van der Waals surface area contributed by atoms with Crippen LogP contribution < -0.4 is 5.43 Å². The van der Waals surface area contributed by atoms with Crippen molar-refractivity contribution in [2.45, 2.75) is 0 Å². The minimum Gasteiger partial charge on any atom is -0.278 e. The van der Waals surface area contributed by atoms with Crippen LogP contribution >= 0.6 is 38.9 Å². The molecule has 0 bridgehead atoms. The molecule has 1 N–H and O–H groups in total. The fourth-order valence-electron chi connectivity index (χ4n) is 1.78. The summed E-state index contributed by atoms with van der Waals surface area (Å²) in [6, 6.07) is 11.5. The number of hydrogen-bond acceptors (Lipinski definition) is 4. The first-order valence-electron chi connectivity index (χ1n) is 5.81. The molecule has 0 aliphatic rings. The van der Waals surface area contributed by atoms with E-state index in [1.165, 1.54) is 0 Å². The van der Waals surface area contributed by atoms with Crippen LogP contribution in [0.3, 0.4) is 0 Å². The van der Waals surface area contributed by atoms with Crippen molar-refractivity contribution in [3.8, 4) is 0 Å². The SMILES string of the molecule is Clc1ccc2c(NN=Cc3ccc(Br)s3)ccnc2c1. The summed E-state index contributed by atoms with van der Waals surface area (Å²) in [5.41, 5.74) is 4.79. The van der Waals surface area contributed by atoms with Crippen molar-refractivity contribution in [1.82, 2.24) is 4.98 Å². The molecule has 3 nitrogen and oxygen atoms in total. The number of anilines is 1. The summed E-state index contributed by atoms with van der Waals surface area (Å²) in [5.74, 6) is 0. The van der Waals surface area contributed by atoms with Gasteiger partial charge in [0.05, 0.1) is 21.2 Å². The van der Waals surface area contributed by atoms with E-state index in [0.717, 1.165) is 25.3 Å². The zero-order chi connectivity index (χ0) is 13.9. The first kappa shape index (κ1) is 13.5. The molecule has 0 radical (unpaired) electrons. The molecule has 2 aromatic heterocycles. The quantitative estimate of drug-likeness (QED) is 0.513. The minimum absolute atomic E-state index is 0.675. The molecular formula is C14H9BrClN3S. The molecule has 0 atom stereocenters. The van der Waals surface area contributed by atoms with Gasteiger partial charge in [0.15, 0.2) is 0 Å². The van der Waals surface area contributed by atoms with E-state index in [2.05, 4.69) is 31.4 Å². The van der Waals surface area contributed by atoms with E-state index in [1.807, 2.05) is 36.4 Å². The van der Waals surface area contributed by atoms with Crippen LogP contribution in [0.1, 0.15) is 4.88 Å². The van der Waals surface area contributed by atoms with Crippen molar-refractivity contribution >= 4 is 61.7 Å². The molecule has 0 spiro atoms. The summed E-state index contributed by atoms with van der Waals surface area (Å²) < 4.78 is 1.09. The number of rotatable bonds is 3. The summed E-state index contributed by atoms with van der Waals surface area (Å²) in [6.07, 6.45) is 3.52. The molecular weight excluding hydrogens is 358 g/mol. The molecule has 100 valence electrons. The molecule has 0 saturated heterocycles. The predicted molar refractivity (Wildman–Crippen MR) is 90.0 cm³/mol. The molecule has 2 heterocycles. The number of fused-ring (bicyclic) bond motifs is 1.